The van der Waals surface area contributed by atoms with E-state index in [0.717, 1.165) is 22.6 Å². The summed E-state index contributed by atoms with van der Waals surface area (Å²) in [6, 6.07) is 5.80. The zero-order chi connectivity index (χ0) is 10.8. The molecule has 1 rings (SSSR count). The third-order valence-corrected chi connectivity index (χ3v) is 2.29. The van der Waals surface area contributed by atoms with Crippen molar-refractivity contribution in [2.24, 2.45) is 5.41 Å². The Bertz CT molecular complexity index is 364. The van der Waals surface area contributed by atoms with Crippen LogP contribution in [0.25, 0.3) is 0 Å². The van der Waals surface area contributed by atoms with Gasteiger partial charge < -0.3 is 0 Å². The summed E-state index contributed by atoms with van der Waals surface area (Å²) in [4.78, 5) is 0. The Morgan fingerprint density at radius 3 is 2.43 bits per heavy atom. The first-order valence-corrected chi connectivity index (χ1v) is 5.05. The highest BCUT2D eigenvalue weighted by Gasteiger charge is 2.13. The van der Waals surface area contributed by atoms with Crippen molar-refractivity contribution in [2.45, 2.75) is 27.2 Å². The van der Waals surface area contributed by atoms with E-state index < -0.39 is 0 Å². The van der Waals surface area contributed by atoms with E-state index in [1.54, 1.807) is 0 Å². The zero-order valence-electron chi connectivity index (χ0n) is 8.89. The number of hydrogen-bond acceptors (Lipinski definition) is 0. The van der Waals surface area contributed by atoms with Crippen LogP contribution in [0.2, 0.25) is 5.02 Å². The second-order valence-electron chi connectivity index (χ2n) is 4.69. The van der Waals surface area contributed by atoms with Crippen molar-refractivity contribution in [2.75, 3.05) is 0 Å². The Hall–Kier alpha value is -0.930. The molecule has 0 bridgehead atoms. The maximum absolute atomic E-state index is 6.12. The van der Waals surface area contributed by atoms with Gasteiger partial charge in [-0.2, -0.15) is 0 Å². The van der Waals surface area contributed by atoms with Gasteiger partial charge in [-0.25, -0.2) is 0 Å². The topological polar surface area (TPSA) is 0 Å². The molecule has 0 spiro atoms. The fourth-order valence-corrected chi connectivity index (χ4v) is 1.60. The summed E-state index contributed by atoms with van der Waals surface area (Å²) in [6.45, 7) is 6.58. The minimum atomic E-state index is 0.251. The molecule has 0 N–H and O–H groups in total. The van der Waals surface area contributed by atoms with Crippen molar-refractivity contribution in [1.82, 2.24) is 0 Å². The SMILES string of the molecule is C#Cc1ccc(CC(C)(C)C)c(Cl)c1. The van der Waals surface area contributed by atoms with E-state index >= 15 is 0 Å². The normalized spacial score (nSPS) is 11.1. The van der Waals surface area contributed by atoms with Crippen LogP contribution < -0.4 is 0 Å². The van der Waals surface area contributed by atoms with Crippen LogP contribution in [-0.4, -0.2) is 0 Å². The summed E-state index contributed by atoms with van der Waals surface area (Å²) in [6.07, 6.45) is 6.26. The van der Waals surface area contributed by atoms with Gasteiger partial charge in [0.05, 0.1) is 0 Å². The summed E-state index contributed by atoms with van der Waals surface area (Å²) < 4.78 is 0. The zero-order valence-corrected chi connectivity index (χ0v) is 9.65. The molecule has 0 amide bonds. The molecule has 0 atom stereocenters. The molecule has 0 heterocycles. The average Bonchev–Trinajstić information content (AvgIpc) is 2.06. The Kier molecular flexibility index (Phi) is 3.24. The summed E-state index contributed by atoms with van der Waals surface area (Å²) >= 11 is 6.12. The van der Waals surface area contributed by atoms with Gasteiger partial charge in [-0.3, -0.25) is 0 Å². The second-order valence-corrected chi connectivity index (χ2v) is 5.10. The van der Waals surface area contributed by atoms with E-state index in [9.17, 15) is 0 Å². The maximum Gasteiger partial charge on any atom is 0.0450 e. The molecule has 0 saturated carbocycles. The fraction of sp³-hybridized carbons (Fsp3) is 0.385. The summed E-state index contributed by atoms with van der Waals surface area (Å²) in [5.41, 5.74) is 2.26. The van der Waals surface area contributed by atoms with Crippen molar-refractivity contribution in [1.29, 1.82) is 0 Å². The predicted octanol–water partition coefficient (Wildman–Crippen LogP) is 3.91. The largest absolute Gasteiger partial charge is 0.115 e. The van der Waals surface area contributed by atoms with Gasteiger partial charge >= 0.3 is 0 Å². The van der Waals surface area contributed by atoms with Crippen LogP contribution in [0.3, 0.4) is 0 Å². The Morgan fingerprint density at radius 2 is 2.00 bits per heavy atom. The van der Waals surface area contributed by atoms with Gasteiger partial charge in [-0.1, -0.05) is 44.4 Å². The molecule has 0 fully saturated rings. The van der Waals surface area contributed by atoms with Gasteiger partial charge in [0.15, 0.2) is 0 Å². The Morgan fingerprint density at radius 1 is 1.36 bits per heavy atom. The molecule has 0 aliphatic rings. The van der Waals surface area contributed by atoms with Crippen molar-refractivity contribution in [3.8, 4) is 12.3 Å². The molecule has 0 unspecified atom stereocenters. The lowest BCUT2D eigenvalue weighted by Gasteiger charge is -2.18. The molecule has 74 valence electrons. The molecule has 0 nitrogen and oxygen atoms in total. The molecule has 1 aromatic carbocycles. The third kappa shape index (κ3) is 3.09. The van der Waals surface area contributed by atoms with E-state index in [1.165, 1.54) is 0 Å². The smallest absolute Gasteiger partial charge is 0.0450 e. The molecule has 14 heavy (non-hydrogen) atoms. The van der Waals surface area contributed by atoms with Crippen LogP contribution in [0.15, 0.2) is 18.2 Å². The number of benzene rings is 1. The van der Waals surface area contributed by atoms with Gasteiger partial charge in [0, 0.05) is 10.6 Å². The van der Waals surface area contributed by atoms with Gasteiger partial charge in [-0.05, 0) is 29.5 Å². The lowest BCUT2D eigenvalue weighted by atomic mass is 9.88. The lowest BCUT2D eigenvalue weighted by Crippen LogP contribution is -2.09. The van der Waals surface area contributed by atoms with E-state index in [1.807, 2.05) is 18.2 Å². The second kappa shape index (κ2) is 4.07. The first-order chi connectivity index (χ1) is 6.42. The quantitative estimate of drug-likeness (QED) is 0.612. The highest BCUT2D eigenvalue weighted by atomic mass is 35.5. The van der Waals surface area contributed by atoms with Crippen molar-refractivity contribution in [3.05, 3.63) is 34.3 Å². The molecule has 0 aliphatic carbocycles. The molecule has 0 saturated heterocycles. The number of hydrogen-bond donors (Lipinski definition) is 0. The van der Waals surface area contributed by atoms with Crippen molar-refractivity contribution >= 4 is 11.6 Å². The van der Waals surface area contributed by atoms with Gasteiger partial charge in [0.25, 0.3) is 0 Å². The first kappa shape index (κ1) is 11.1. The van der Waals surface area contributed by atoms with Crippen LogP contribution in [0.4, 0.5) is 0 Å². The molecule has 0 aromatic heterocycles. The highest BCUT2D eigenvalue weighted by molar-refractivity contribution is 6.31. The van der Waals surface area contributed by atoms with Crippen LogP contribution in [-0.2, 0) is 6.42 Å². The summed E-state index contributed by atoms with van der Waals surface area (Å²) in [7, 11) is 0. The maximum atomic E-state index is 6.12. The van der Waals surface area contributed by atoms with Gasteiger partial charge in [-0.15, -0.1) is 6.42 Å². The van der Waals surface area contributed by atoms with Crippen LogP contribution in [0.1, 0.15) is 31.9 Å². The Balaban J connectivity index is 2.97. The minimum Gasteiger partial charge on any atom is -0.115 e. The van der Waals surface area contributed by atoms with Crippen LogP contribution in [0, 0.1) is 17.8 Å². The van der Waals surface area contributed by atoms with E-state index in [4.69, 9.17) is 18.0 Å². The summed E-state index contributed by atoms with van der Waals surface area (Å²) in [5.74, 6) is 2.57. The molecular formula is C13H15Cl. The fourth-order valence-electron chi connectivity index (χ4n) is 1.35. The molecule has 0 radical (unpaired) electrons. The molecular weight excluding hydrogens is 192 g/mol. The molecule has 1 heteroatoms. The molecule has 0 aliphatic heterocycles. The number of halogens is 1. The Labute approximate surface area is 91.3 Å². The van der Waals surface area contributed by atoms with Crippen LogP contribution >= 0.6 is 11.6 Å². The van der Waals surface area contributed by atoms with Crippen LogP contribution in [0.5, 0.6) is 0 Å². The van der Waals surface area contributed by atoms with Crippen molar-refractivity contribution < 1.29 is 0 Å². The average molecular weight is 207 g/mol. The lowest BCUT2D eigenvalue weighted by molar-refractivity contribution is 0.411. The van der Waals surface area contributed by atoms with Crippen molar-refractivity contribution in [3.63, 3.8) is 0 Å². The minimum absolute atomic E-state index is 0.251. The number of terminal acetylenes is 1. The third-order valence-electron chi connectivity index (χ3n) is 1.94. The molecule has 1 aromatic rings. The van der Waals surface area contributed by atoms with E-state index in [0.29, 0.717) is 0 Å². The van der Waals surface area contributed by atoms with Gasteiger partial charge in [0.1, 0.15) is 0 Å². The predicted molar refractivity (Wildman–Crippen MR) is 62.5 cm³/mol. The van der Waals surface area contributed by atoms with E-state index in [-0.39, 0.29) is 5.41 Å². The first-order valence-electron chi connectivity index (χ1n) is 4.67. The standard InChI is InChI=1S/C13H15Cl/c1-5-10-6-7-11(12(14)8-10)9-13(2,3)4/h1,6-8H,9H2,2-4H3. The number of rotatable bonds is 1. The monoisotopic (exact) mass is 206 g/mol. The van der Waals surface area contributed by atoms with E-state index in [2.05, 4.69) is 26.7 Å². The highest BCUT2D eigenvalue weighted by Crippen LogP contribution is 2.26. The van der Waals surface area contributed by atoms with Gasteiger partial charge in [0.2, 0.25) is 0 Å². The summed E-state index contributed by atoms with van der Waals surface area (Å²) in [5, 5.41) is 0.773.